The number of para-hydroxylation sites is 1. The first-order valence-electron chi connectivity index (χ1n) is 5.14. The molecule has 0 fully saturated rings. The van der Waals surface area contributed by atoms with Crippen molar-refractivity contribution < 1.29 is 8.42 Å². The summed E-state index contributed by atoms with van der Waals surface area (Å²) in [5, 5.41) is 0. The van der Waals surface area contributed by atoms with Gasteiger partial charge < -0.3 is 0 Å². The zero-order valence-corrected chi connectivity index (χ0v) is 11.2. The van der Waals surface area contributed by atoms with E-state index in [0.29, 0.717) is 10.6 Å². The minimum atomic E-state index is -3.46. The molecular formula is C12H13NO2S2. The van der Waals surface area contributed by atoms with E-state index in [4.69, 9.17) is 0 Å². The van der Waals surface area contributed by atoms with Crippen molar-refractivity contribution in [2.45, 2.75) is 18.7 Å². The summed E-state index contributed by atoms with van der Waals surface area (Å²) in [4.78, 5) is 2.17. The maximum atomic E-state index is 12.1. The van der Waals surface area contributed by atoms with Crippen LogP contribution < -0.4 is 4.72 Å². The minimum Gasteiger partial charge on any atom is -0.280 e. The Morgan fingerprint density at radius 3 is 2.29 bits per heavy atom. The van der Waals surface area contributed by atoms with E-state index in [9.17, 15) is 8.42 Å². The second-order valence-electron chi connectivity index (χ2n) is 3.75. The smallest absolute Gasteiger partial charge is 0.262 e. The van der Waals surface area contributed by atoms with E-state index in [1.807, 2.05) is 19.9 Å². The van der Waals surface area contributed by atoms with Gasteiger partial charge in [-0.2, -0.15) is 0 Å². The zero-order chi connectivity index (χ0) is 12.5. The van der Waals surface area contributed by atoms with Gasteiger partial charge in [-0.05, 0) is 32.0 Å². The first kappa shape index (κ1) is 12.1. The third kappa shape index (κ3) is 2.68. The average Bonchev–Trinajstić information content (AvgIpc) is 2.59. The number of benzene rings is 1. The highest BCUT2D eigenvalue weighted by molar-refractivity contribution is 7.93. The normalized spacial score (nSPS) is 11.4. The standard InChI is InChI=1S/C12H13NO2S2/c1-9-8-12(10(2)16-9)17(14,15)13-11-6-4-3-5-7-11/h3-8,13H,1-2H3. The quantitative estimate of drug-likeness (QED) is 0.928. The number of hydrogen-bond donors (Lipinski definition) is 1. The number of anilines is 1. The van der Waals surface area contributed by atoms with Gasteiger partial charge in [0.1, 0.15) is 4.90 Å². The molecule has 0 saturated carbocycles. The first-order valence-corrected chi connectivity index (χ1v) is 7.44. The summed E-state index contributed by atoms with van der Waals surface area (Å²) in [6.45, 7) is 3.72. The topological polar surface area (TPSA) is 46.2 Å². The van der Waals surface area contributed by atoms with Crippen LogP contribution in [-0.4, -0.2) is 8.42 Å². The predicted molar refractivity (Wildman–Crippen MR) is 71.0 cm³/mol. The predicted octanol–water partition coefficient (Wildman–Crippen LogP) is 3.17. The molecule has 0 bridgehead atoms. The minimum absolute atomic E-state index is 0.365. The highest BCUT2D eigenvalue weighted by Gasteiger charge is 2.18. The molecule has 0 unspecified atom stereocenters. The third-order valence-electron chi connectivity index (χ3n) is 2.31. The lowest BCUT2D eigenvalue weighted by atomic mass is 10.3. The van der Waals surface area contributed by atoms with Crippen LogP contribution in [0.15, 0.2) is 41.3 Å². The van der Waals surface area contributed by atoms with Gasteiger partial charge in [-0.1, -0.05) is 18.2 Å². The van der Waals surface area contributed by atoms with Crippen LogP contribution in [0.25, 0.3) is 0 Å². The van der Waals surface area contributed by atoms with Crippen molar-refractivity contribution >= 4 is 27.0 Å². The van der Waals surface area contributed by atoms with Gasteiger partial charge in [0.2, 0.25) is 0 Å². The SMILES string of the molecule is Cc1cc(S(=O)(=O)Nc2ccccc2)c(C)s1. The van der Waals surface area contributed by atoms with Gasteiger partial charge in [0, 0.05) is 15.4 Å². The zero-order valence-electron chi connectivity index (χ0n) is 9.60. The number of sulfonamides is 1. The first-order chi connectivity index (χ1) is 7.99. The fraction of sp³-hybridized carbons (Fsp3) is 0.167. The molecule has 1 aromatic carbocycles. The average molecular weight is 267 g/mol. The van der Waals surface area contributed by atoms with Gasteiger partial charge in [0.15, 0.2) is 0 Å². The largest absolute Gasteiger partial charge is 0.280 e. The molecule has 2 rings (SSSR count). The lowest BCUT2D eigenvalue weighted by molar-refractivity contribution is 0.601. The third-order valence-corrected chi connectivity index (χ3v) is 4.91. The number of thiophene rings is 1. The van der Waals surface area contributed by atoms with E-state index in [2.05, 4.69) is 4.72 Å². The van der Waals surface area contributed by atoms with Crippen LogP contribution >= 0.6 is 11.3 Å². The van der Waals surface area contributed by atoms with Crippen LogP contribution in [0.2, 0.25) is 0 Å². The number of rotatable bonds is 3. The molecule has 0 saturated heterocycles. The van der Waals surface area contributed by atoms with Crippen molar-refractivity contribution in [3.05, 3.63) is 46.2 Å². The summed E-state index contributed by atoms with van der Waals surface area (Å²) >= 11 is 1.49. The van der Waals surface area contributed by atoms with Gasteiger partial charge in [-0.15, -0.1) is 11.3 Å². The lowest BCUT2D eigenvalue weighted by Crippen LogP contribution is -2.12. The Kier molecular flexibility index (Phi) is 3.22. The molecule has 0 aliphatic carbocycles. The van der Waals surface area contributed by atoms with Gasteiger partial charge >= 0.3 is 0 Å². The summed E-state index contributed by atoms with van der Waals surface area (Å²) in [7, 11) is -3.46. The second kappa shape index (κ2) is 4.50. The van der Waals surface area contributed by atoms with Crippen LogP contribution in [-0.2, 0) is 10.0 Å². The van der Waals surface area contributed by atoms with Gasteiger partial charge in [0.25, 0.3) is 10.0 Å². The molecule has 0 spiro atoms. The van der Waals surface area contributed by atoms with E-state index in [1.54, 1.807) is 30.3 Å². The summed E-state index contributed by atoms with van der Waals surface area (Å²) in [6, 6.07) is 10.6. The molecule has 0 atom stereocenters. The molecule has 1 N–H and O–H groups in total. The summed E-state index contributed by atoms with van der Waals surface area (Å²) in [5.74, 6) is 0. The maximum absolute atomic E-state index is 12.1. The van der Waals surface area contributed by atoms with Crippen LogP contribution in [0, 0.1) is 13.8 Å². The van der Waals surface area contributed by atoms with E-state index < -0.39 is 10.0 Å². The Morgan fingerprint density at radius 2 is 1.76 bits per heavy atom. The number of hydrogen-bond acceptors (Lipinski definition) is 3. The summed E-state index contributed by atoms with van der Waals surface area (Å²) in [6.07, 6.45) is 0. The van der Waals surface area contributed by atoms with E-state index in [0.717, 1.165) is 9.75 Å². The van der Waals surface area contributed by atoms with Crippen molar-refractivity contribution in [3.8, 4) is 0 Å². The van der Waals surface area contributed by atoms with Crippen LogP contribution in [0.3, 0.4) is 0 Å². The molecule has 17 heavy (non-hydrogen) atoms. The summed E-state index contributed by atoms with van der Waals surface area (Å²) in [5.41, 5.74) is 0.579. The van der Waals surface area contributed by atoms with Gasteiger partial charge in [-0.3, -0.25) is 4.72 Å². The van der Waals surface area contributed by atoms with E-state index in [1.165, 1.54) is 11.3 Å². The highest BCUT2D eigenvalue weighted by Crippen LogP contribution is 2.26. The Balaban J connectivity index is 2.35. The fourth-order valence-electron chi connectivity index (χ4n) is 1.59. The molecule has 2 aromatic rings. The van der Waals surface area contributed by atoms with Gasteiger partial charge in [-0.25, -0.2) is 8.42 Å². The maximum Gasteiger partial charge on any atom is 0.262 e. The van der Waals surface area contributed by atoms with E-state index >= 15 is 0 Å². The van der Waals surface area contributed by atoms with Gasteiger partial charge in [0.05, 0.1) is 0 Å². The monoisotopic (exact) mass is 267 g/mol. The molecular weight excluding hydrogens is 254 g/mol. The molecule has 0 aliphatic heterocycles. The lowest BCUT2D eigenvalue weighted by Gasteiger charge is -2.06. The van der Waals surface area contributed by atoms with Crippen molar-refractivity contribution in [1.29, 1.82) is 0 Å². The highest BCUT2D eigenvalue weighted by atomic mass is 32.2. The van der Waals surface area contributed by atoms with Crippen molar-refractivity contribution in [2.75, 3.05) is 4.72 Å². The second-order valence-corrected chi connectivity index (χ2v) is 6.86. The molecule has 0 aliphatic rings. The molecule has 3 nitrogen and oxygen atoms in total. The Bertz CT molecular complexity index is 615. The van der Waals surface area contributed by atoms with Crippen LogP contribution in [0.1, 0.15) is 9.75 Å². The van der Waals surface area contributed by atoms with E-state index in [-0.39, 0.29) is 0 Å². The molecule has 0 amide bonds. The van der Waals surface area contributed by atoms with Crippen LogP contribution in [0.5, 0.6) is 0 Å². The molecule has 90 valence electrons. The summed E-state index contributed by atoms with van der Waals surface area (Å²) < 4.78 is 26.8. The van der Waals surface area contributed by atoms with Crippen molar-refractivity contribution in [3.63, 3.8) is 0 Å². The molecule has 1 heterocycles. The Hall–Kier alpha value is -1.33. The van der Waals surface area contributed by atoms with Crippen LogP contribution in [0.4, 0.5) is 5.69 Å². The molecule has 0 radical (unpaired) electrons. The number of nitrogens with one attached hydrogen (secondary N) is 1. The Morgan fingerprint density at radius 1 is 1.12 bits per heavy atom. The van der Waals surface area contributed by atoms with Crippen molar-refractivity contribution in [2.24, 2.45) is 0 Å². The van der Waals surface area contributed by atoms with Crippen molar-refractivity contribution in [1.82, 2.24) is 0 Å². The molecule has 1 aromatic heterocycles. The Labute approximate surface area is 105 Å². The number of aryl methyl sites for hydroxylation is 2. The molecule has 5 heteroatoms. The fourth-order valence-corrected chi connectivity index (χ4v) is 4.21.